The number of hydrogen-bond acceptors (Lipinski definition) is 5. The Morgan fingerprint density at radius 1 is 1.33 bits per heavy atom. The Bertz CT molecular complexity index is 521. The average molecular weight is 267 g/mol. The first-order chi connectivity index (χ1) is 8.90. The quantitative estimate of drug-likeness (QED) is 0.785. The van der Waals surface area contributed by atoms with E-state index < -0.39 is 0 Å². The average Bonchev–Trinajstić information content (AvgIpc) is 3.06. The standard InChI is InChI=1S/C11H15ClN6/c12-5-6-17(9-3-1-2-4-9)11-8-13-7-10-14-15-16-18(10)11/h7-9H,1-6H2. The lowest BCUT2D eigenvalue weighted by molar-refractivity contribution is 0.602. The van der Waals surface area contributed by atoms with Crippen LogP contribution in [-0.2, 0) is 0 Å². The molecule has 0 N–H and O–H groups in total. The number of tetrazole rings is 1. The van der Waals surface area contributed by atoms with E-state index in [-0.39, 0.29) is 0 Å². The first-order valence-corrected chi connectivity index (χ1v) is 6.78. The van der Waals surface area contributed by atoms with Gasteiger partial charge >= 0.3 is 0 Å². The molecule has 96 valence electrons. The Hall–Kier alpha value is -1.43. The zero-order chi connectivity index (χ0) is 12.4. The summed E-state index contributed by atoms with van der Waals surface area (Å²) in [5.41, 5.74) is 0.671. The van der Waals surface area contributed by atoms with Gasteiger partial charge in [-0.15, -0.1) is 16.7 Å². The van der Waals surface area contributed by atoms with Crippen molar-refractivity contribution < 1.29 is 0 Å². The van der Waals surface area contributed by atoms with E-state index in [0.717, 1.165) is 12.4 Å². The van der Waals surface area contributed by atoms with Crippen LogP contribution in [0.25, 0.3) is 5.65 Å². The molecule has 1 aliphatic carbocycles. The fourth-order valence-electron chi connectivity index (χ4n) is 2.65. The van der Waals surface area contributed by atoms with Crippen molar-refractivity contribution in [2.45, 2.75) is 31.7 Å². The predicted molar refractivity (Wildman–Crippen MR) is 68.9 cm³/mol. The summed E-state index contributed by atoms with van der Waals surface area (Å²) in [7, 11) is 0. The van der Waals surface area contributed by atoms with Crippen molar-refractivity contribution in [3.05, 3.63) is 12.4 Å². The molecule has 2 aromatic heterocycles. The Morgan fingerprint density at radius 2 is 2.17 bits per heavy atom. The maximum absolute atomic E-state index is 5.93. The van der Waals surface area contributed by atoms with Gasteiger partial charge in [-0.2, -0.15) is 4.52 Å². The summed E-state index contributed by atoms with van der Waals surface area (Å²) in [6.07, 6.45) is 8.45. The van der Waals surface area contributed by atoms with Crippen LogP contribution in [0.1, 0.15) is 25.7 Å². The molecule has 2 aromatic rings. The van der Waals surface area contributed by atoms with Crippen LogP contribution in [-0.4, -0.2) is 43.5 Å². The molecular formula is C11H15ClN6. The van der Waals surface area contributed by atoms with Gasteiger partial charge in [0.2, 0.25) is 0 Å². The second kappa shape index (κ2) is 5.06. The molecule has 0 amide bonds. The Morgan fingerprint density at radius 3 is 2.94 bits per heavy atom. The van der Waals surface area contributed by atoms with Crippen LogP contribution in [0, 0.1) is 0 Å². The Labute approximate surface area is 110 Å². The third-order valence-corrected chi connectivity index (χ3v) is 3.64. The lowest BCUT2D eigenvalue weighted by Gasteiger charge is -2.29. The molecule has 6 nitrogen and oxygen atoms in total. The zero-order valence-corrected chi connectivity index (χ0v) is 10.8. The number of fused-ring (bicyclic) bond motifs is 1. The fourth-order valence-corrected chi connectivity index (χ4v) is 2.83. The molecule has 0 aliphatic heterocycles. The van der Waals surface area contributed by atoms with Crippen LogP contribution in [0.15, 0.2) is 12.4 Å². The smallest absolute Gasteiger partial charge is 0.199 e. The van der Waals surface area contributed by atoms with Crippen molar-refractivity contribution in [3.63, 3.8) is 0 Å². The van der Waals surface area contributed by atoms with Gasteiger partial charge in [0.1, 0.15) is 0 Å². The van der Waals surface area contributed by atoms with Crippen LogP contribution in [0.3, 0.4) is 0 Å². The topological polar surface area (TPSA) is 59.2 Å². The molecule has 0 atom stereocenters. The molecule has 1 aliphatic rings. The van der Waals surface area contributed by atoms with Crippen molar-refractivity contribution in [1.82, 2.24) is 25.0 Å². The van der Waals surface area contributed by atoms with Gasteiger partial charge in [-0.3, -0.25) is 4.98 Å². The second-order valence-corrected chi connectivity index (χ2v) is 4.91. The molecule has 0 aromatic carbocycles. The van der Waals surface area contributed by atoms with Crippen molar-refractivity contribution in [2.75, 3.05) is 17.3 Å². The van der Waals surface area contributed by atoms with Gasteiger partial charge in [0.25, 0.3) is 0 Å². The minimum Gasteiger partial charge on any atom is -0.351 e. The molecule has 0 bridgehead atoms. The molecule has 3 rings (SSSR count). The van der Waals surface area contributed by atoms with Gasteiger partial charge in [0, 0.05) is 18.5 Å². The molecule has 18 heavy (non-hydrogen) atoms. The van der Waals surface area contributed by atoms with Crippen LogP contribution in [0.2, 0.25) is 0 Å². The molecule has 0 unspecified atom stereocenters. The van der Waals surface area contributed by atoms with Crippen molar-refractivity contribution in [1.29, 1.82) is 0 Å². The van der Waals surface area contributed by atoms with E-state index in [2.05, 4.69) is 25.4 Å². The summed E-state index contributed by atoms with van der Waals surface area (Å²) in [5.74, 6) is 1.53. The number of aromatic nitrogens is 5. The van der Waals surface area contributed by atoms with Gasteiger partial charge in [-0.1, -0.05) is 12.8 Å². The molecule has 0 radical (unpaired) electrons. The van der Waals surface area contributed by atoms with Crippen molar-refractivity contribution in [3.8, 4) is 0 Å². The number of rotatable bonds is 4. The van der Waals surface area contributed by atoms with Gasteiger partial charge in [-0.05, 0) is 23.3 Å². The molecular weight excluding hydrogens is 252 g/mol. The highest BCUT2D eigenvalue weighted by Gasteiger charge is 2.24. The number of nitrogens with zero attached hydrogens (tertiary/aromatic N) is 6. The minimum atomic E-state index is 0.528. The first-order valence-electron chi connectivity index (χ1n) is 6.25. The van der Waals surface area contributed by atoms with E-state index in [1.807, 2.05) is 6.20 Å². The third kappa shape index (κ3) is 2.01. The fraction of sp³-hybridized carbons (Fsp3) is 0.636. The van der Waals surface area contributed by atoms with Crippen LogP contribution >= 0.6 is 11.6 Å². The lowest BCUT2D eigenvalue weighted by atomic mass is 10.2. The van der Waals surface area contributed by atoms with E-state index in [9.17, 15) is 0 Å². The SMILES string of the molecule is ClCCN(c1cncc2nnnn12)C1CCCC1. The number of hydrogen-bond donors (Lipinski definition) is 0. The summed E-state index contributed by atoms with van der Waals surface area (Å²) >= 11 is 5.93. The number of alkyl halides is 1. The maximum Gasteiger partial charge on any atom is 0.199 e. The van der Waals surface area contributed by atoms with E-state index in [1.165, 1.54) is 25.7 Å². The van der Waals surface area contributed by atoms with E-state index >= 15 is 0 Å². The van der Waals surface area contributed by atoms with E-state index in [0.29, 0.717) is 17.6 Å². The Balaban J connectivity index is 2.00. The monoisotopic (exact) mass is 266 g/mol. The summed E-state index contributed by atoms with van der Waals surface area (Å²) in [4.78, 5) is 6.50. The minimum absolute atomic E-state index is 0.528. The molecule has 0 saturated heterocycles. The Kier molecular flexibility index (Phi) is 3.27. The molecule has 7 heteroatoms. The summed E-state index contributed by atoms with van der Waals surface area (Å²) < 4.78 is 1.73. The predicted octanol–water partition coefficient (Wildman–Crippen LogP) is 1.51. The third-order valence-electron chi connectivity index (χ3n) is 3.48. The van der Waals surface area contributed by atoms with Crippen molar-refractivity contribution in [2.24, 2.45) is 0 Å². The molecule has 0 spiro atoms. The highest BCUT2D eigenvalue weighted by molar-refractivity contribution is 6.18. The highest BCUT2D eigenvalue weighted by Crippen LogP contribution is 2.27. The lowest BCUT2D eigenvalue weighted by Crippen LogP contribution is -2.36. The van der Waals surface area contributed by atoms with Crippen molar-refractivity contribution >= 4 is 23.1 Å². The van der Waals surface area contributed by atoms with Gasteiger partial charge in [-0.25, -0.2) is 0 Å². The second-order valence-electron chi connectivity index (χ2n) is 4.54. The number of anilines is 1. The van der Waals surface area contributed by atoms with Crippen LogP contribution in [0.5, 0.6) is 0 Å². The number of halogens is 1. The molecule has 1 fully saturated rings. The first kappa shape index (κ1) is 11.6. The summed E-state index contributed by atoms with van der Waals surface area (Å²) in [6, 6.07) is 0.528. The van der Waals surface area contributed by atoms with Gasteiger partial charge in [0.05, 0.1) is 12.4 Å². The largest absolute Gasteiger partial charge is 0.351 e. The zero-order valence-electron chi connectivity index (χ0n) is 10.0. The van der Waals surface area contributed by atoms with Gasteiger partial charge in [0.15, 0.2) is 11.5 Å². The van der Waals surface area contributed by atoms with E-state index in [1.54, 1.807) is 10.7 Å². The van der Waals surface area contributed by atoms with Crippen LogP contribution < -0.4 is 4.90 Å². The normalized spacial score (nSPS) is 16.5. The maximum atomic E-state index is 5.93. The van der Waals surface area contributed by atoms with Crippen LogP contribution in [0.4, 0.5) is 5.82 Å². The molecule has 1 saturated carbocycles. The summed E-state index contributed by atoms with van der Waals surface area (Å²) in [6.45, 7) is 0.798. The van der Waals surface area contributed by atoms with Gasteiger partial charge < -0.3 is 4.90 Å². The highest BCUT2D eigenvalue weighted by atomic mass is 35.5. The van der Waals surface area contributed by atoms with E-state index in [4.69, 9.17) is 11.6 Å². The molecule has 2 heterocycles. The summed E-state index contributed by atoms with van der Waals surface area (Å²) in [5, 5.41) is 11.6.